The molecule has 0 bridgehead atoms. The number of aliphatic carboxylic acids is 1. The molecular weight excluding hydrogens is 354 g/mol. The molecule has 3 nitrogen and oxygen atoms in total. The predicted octanol–water partition coefficient (Wildman–Crippen LogP) is 5.76. The molecular formula is C23H23NO2S. The van der Waals surface area contributed by atoms with Gasteiger partial charge in [0, 0.05) is 17.1 Å². The second-order valence-electron chi connectivity index (χ2n) is 6.51. The van der Waals surface area contributed by atoms with E-state index in [0.29, 0.717) is 0 Å². The molecule has 0 aromatic heterocycles. The molecule has 0 aliphatic heterocycles. The minimum Gasteiger partial charge on any atom is -0.481 e. The molecule has 27 heavy (non-hydrogen) atoms. The number of hydrogen-bond donors (Lipinski definition) is 2. The molecule has 0 aliphatic rings. The summed E-state index contributed by atoms with van der Waals surface area (Å²) in [4.78, 5) is 11.6. The van der Waals surface area contributed by atoms with Crippen molar-refractivity contribution < 1.29 is 9.90 Å². The standard InChI is InChI=1S/C23H23NO2S/c1-16-5-3-8-22(17(16)2)19-7-4-6-18(13-19)14-24-20-9-11-21(12-10-20)27-15-23(25)26/h3-13,24H,14-15H2,1-2H3,(H,25,26). The monoisotopic (exact) mass is 377 g/mol. The van der Waals surface area contributed by atoms with Crippen LogP contribution in [0.4, 0.5) is 5.69 Å². The van der Waals surface area contributed by atoms with Gasteiger partial charge in [-0.1, -0.05) is 36.4 Å². The molecule has 3 aromatic carbocycles. The number of aryl methyl sites for hydroxylation is 1. The molecule has 0 saturated carbocycles. The largest absolute Gasteiger partial charge is 0.481 e. The van der Waals surface area contributed by atoms with Crippen LogP contribution in [0.3, 0.4) is 0 Å². The average molecular weight is 378 g/mol. The van der Waals surface area contributed by atoms with Gasteiger partial charge in [0.05, 0.1) is 5.75 Å². The Hall–Kier alpha value is -2.72. The van der Waals surface area contributed by atoms with E-state index in [2.05, 4.69) is 61.6 Å². The molecule has 0 unspecified atom stereocenters. The van der Waals surface area contributed by atoms with Gasteiger partial charge in [-0.05, 0) is 72.0 Å². The van der Waals surface area contributed by atoms with Crippen molar-refractivity contribution in [2.24, 2.45) is 0 Å². The van der Waals surface area contributed by atoms with Crippen molar-refractivity contribution in [3.8, 4) is 11.1 Å². The molecule has 4 heteroatoms. The zero-order valence-electron chi connectivity index (χ0n) is 15.5. The van der Waals surface area contributed by atoms with E-state index in [-0.39, 0.29) is 5.75 Å². The quantitative estimate of drug-likeness (QED) is 0.514. The Kier molecular flexibility index (Phi) is 6.20. The molecule has 0 atom stereocenters. The number of hydrogen-bond acceptors (Lipinski definition) is 3. The maximum absolute atomic E-state index is 10.6. The first-order valence-electron chi connectivity index (χ1n) is 8.87. The number of nitrogens with one attached hydrogen (secondary N) is 1. The zero-order valence-corrected chi connectivity index (χ0v) is 16.3. The highest BCUT2D eigenvalue weighted by Gasteiger charge is 2.05. The van der Waals surface area contributed by atoms with E-state index in [1.165, 1.54) is 39.6 Å². The zero-order chi connectivity index (χ0) is 19.2. The van der Waals surface area contributed by atoms with Gasteiger partial charge in [-0.25, -0.2) is 0 Å². The van der Waals surface area contributed by atoms with E-state index in [4.69, 9.17) is 5.11 Å². The summed E-state index contributed by atoms with van der Waals surface area (Å²) in [6.07, 6.45) is 0. The maximum atomic E-state index is 10.6. The summed E-state index contributed by atoms with van der Waals surface area (Å²) >= 11 is 1.33. The van der Waals surface area contributed by atoms with Crippen LogP contribution in [0.25, 0.3) is 11.1 Å². The van der Waals surface area contributed by atoms with E-state index in [0.717, 1.165) is 17.1 Å². The van der Waals surface area contributed by atoms with Crippen LogP contribution in [0.15, 0.2) is 71.6 Å². The fourth-order valence-corrected chi connectivity index (χ4v) is 3.55. The third kappa shape index (κ3) is 5.14. The lowest BCUT2D eigenvalue weighted by atomic mass is 9.96. The molecule has 0 radical (unpaired) electrons. The molecule has 138 valence electrons. The summed E-state index contributed by atoms with van der Waals surface area (Å²) in [5.74, 6) is -0.719. The predicted molar refractivity (Wildman–Crippen MR) is 113 cm³/mol. The van der Waals surface area contributed by atoms with Crippen molar-refractivity contribution in [2.45, 2.75) is 25.3 Å². The van der Waals surface area contributed by atoms with E-state index in [1.807, 2.05) is 24.3 Å². The number of anilines is 1. The molecule has 0 spiro atoms. The van der Waals surface area contributed by atoms with Crippen molar-refractivity contribution in [2.75, 3.05) is 11.1 Å². The Morgan fingerprint density at radius 1 is 1.00 bits per heavy atom. The number of thioether (sulfide) groups is 1. The van der Waals surface area contributed by atoms with Crippen LogP contribution in [0, 0.1) is 13.8 Å². The lowest BCUT2D eigenvalue weighted by Gasteiger charge is -2.12. The molecule has 0 amide bonds. The Balaban J connectivity index is 1.66. The average Bonchev–Trinajstić information content (AvgIpc) is 2.68. The number of carboxylic acid groups (broad SMARTS) is 1. The van der Waals surface area contributed by atoms with Crippen molar-refractivity contribution >= 4 is 23.4 Å². The summed E-state index contributed by atoms with van der Waals surface area (Å²) in [5, 5.41) is 12.2. The lowest BCUT2D eigenvalue weighted by Crippen LogP contribution is -2.00. The fourth-order valence-electron chi connectivity index (χ4n) is 2.93. The first kappa shape index (κ1) is 19.1. The van der Waals surface area contributed by atoms with E-state index < -0.39 is 5.97 Å². The molecule has 0 aliphatic carbocycles. The van der Waals surface area contributed by atoms with Crippen molar-refractivity contribution in [1.82, 2.24) is 0 Å². The van der Waals surface area contributed by atoms with Crippen LogP contribution < -0.4 is 5.32 Å². The molecule has 2 N–H and O–H groups in total. The second kappa shape index (κ2) is 8.78. The molecule has 0 heterocycles. The minimum atomic E-state index is -0.800. The van der Waals surface area contributed by atoms with Gasteiger partial charge in [-0.2, -0.15) is 0 Å². The minimum absolute atomic E-state index is 0.0813. The van der Waals surface area contributed by atoms with Crippen molar-refractivity contribution in [1.29, 1.82) is 0 Å². The Bertz CT molecular complexity index is 935. The van der Waals surface area contributed by atoms with Gasteiger partial charge in [-0.3, -0.25) is 4.79 Å². The molecule has 3 rings (SSSR count). The first-order chi connectivity index (χ1) is 13.0. The van der Waals surface area contributed by atoms with Gasteiger partial charge >= 0.3 is 5.97 Å². The number of carbonyl (C=O) groups is 1. The number of benzene rings is 3. The fraction of sp³-hybridized carbons (Fsp3) is 0.174. The summed E-state index contributed by atoms with van der Waals surface area (Å²) in [7, 11) is 0. The number of carboxylic acids is 1. The highest BCUT2D eigenvalue weighted by Crippen LogP contribution is 2.26. The summed E-state index contributed by atoms with van der Waals surface area (Å²) in [5.41, 5.74) is 7.37. The normalized spacial score (nSPS) is 10.6. The van der Waals surface area contributed by atoms with Crippen molar-refractivity contribution in [3.63, 3.8) is 0 Å². The Morgan fingerprint density at radius 2 is 1.74 bits per heavy atom. The lowest BCUT2D eigenvalue weighted by molar-refractivity contribution is -0.133. The number of rotatable bonds is 7. The van der Waals surface area contributed by atoms with Gasteiger partial charge in [-0.15, -0.1) is 11.8 Å². The molecule has 0 saturated heterocycles. The molecule has 0 fully saturated rings. The van der Waals surface area contributed by atoms with E-state index in [1.54, 1.807) is 0 Å². The SMILES string of the molecule is Cc1cccc(-c2cccc(CNc3ccc(SCC(=O)O)cc3)c2)c1C. The summed E-state index contributed by atoms with van der Waals surface area (Å²) in [6, 6.07) is 22.9. The van der Waals surface area contributed by atoms with Gasteiger partial charge in [0.1, 0.15) is 0 Å². The van der Waals surface area contributed by atoms with E-state index in [9.17, 15) is 4.79 Å². The topological polar surface area (TPSA) is 49.3 Å². The second-order valence-corrected chi connectivity index (χ2v) is 7.56. The van der Waals surface area contributed by atoms with E-state index >= 15 is 0 Å². The highest BCUT2D eigenvalue weighted by atomic mass is 32.2. The van der Waals surface area contributed by atoms with Crippen LogP contribution in [0.1, 0.15) is 16.7 Å². The Labute approximate surface area is 164 Å². The third-order valence-electron chi connectivity index (χ3n) is 4.56. The van der Waals surface area contributed by atoms with Crippen LogP contribution in [0.5, 0.6) is 0 Å². The summed E-state index contributed by atoms with van der Waals surface area (Å²) < 4.78 is 0. The third-order valence-corrected chi connectivity index (χ3v) is 5.55. The first-order valence-corrected chi connectivity index (χ1v) is 9.85. The van der Waals surface area contributed by atoms with Crippen LogP contribution in [0.2, 0.25) is 0 Å². The van der Waals surface area contributed by atoms with Crippen LogP contribution in [-0.4, -0.2) is 16.8 Å². The Morgan fingerprint density at radius 3 is 2.48 bits per heavy atom. The smallest absolute Gasteiger partial charge is 0.313 e. The molecule has 3 aromatic rings. The van der Waals surface area contributed by atoms with Gasteiger partial charge in [0.25, 0.3) is 0 Å². The highest BCUT2D eigenvalue weighted by molar-refractivity contribution is 8.00. The van der Waals surface area contributed by atoms with Gasteiger partial charge in [0.2, 0.25) is 0 Å². The van der Waals surface area contributed by atoms with Crippen LogP contribution in [-0.2, 0) is 11.3 Å². The maximum Gasteiger partial charge on any atom is 0.313 e. The van der Waals surface area contributed by atoms with Crippen LogP contribution >= 0.6 is 11.8 Å². The summed E-state index contributed by atoms with van der Waals surface area (Å²) in [6.45, 7) is 5.04. The van der Waals surface area contributed by atoms with Crippen molar-refractivity contribution in [3.05, 3.63) is 83.4 Å². The van der Waals surface area contributed by atoms with Gasteiger partial charge in [0.15, 0.2) is 0 Å². The van der Waals surface area contributed by atoms with Gasteiger partial charge < -0.3 is 10.4 Å².